The van der Waals surface area contributed by atoms with E-state index in [4.69, 9.17) is 0 Å². The minimum Gasteiger partial charge on any atom is -0.389 e. The molecule has 1 fully saturated rings. The molecule has 2 nitrogen and oxygen atoms in total. The predicted molar refractivity (Wildman–Crippen MR) is 70.7 cm³/mol. The van der Waals surface area contributed by atoms with Gasteiger partial charge >= 0.3 is 0 Å². The Morgan fingerprint density at radius 1 is 1.41 bits per heavy atom. The lowest BCUT2D eigenvalue weighted by Gasteiger charge is -2.20. The van der Waals surface area contributed by atoms with Gasteiger partial charge in [0.15, 0.2) is 0 Å². The third kappa shape index (κ3) is 3.42. The van der Waals surface area contributed by atoms with E-state index in [1.54, 1.807) is 0 Å². The first-order valence-corrected chi connectivity index (χ1v) is 6.31. The summed E-state index contributed by atoms with van der Waals surface area (Å²) in [7, 11) is 0. The average Bonchev–Trinajstić information content (AvgIpc) is 2.59. The van der Waals surface area contributed by atoms with E-state index in [1.165, 1.54) is 11.1 Å². The summed E-state index contributed by atoms with van der Waals surface area (Å²) in [6.45, 7) is 6.06. The molecule has 1 N–H and O–H groups in total. The molecule has 92 valence electrons. The second-order valence-electron chi connectivity index (χ2n) is 5.01. The van der Waals surface area contributed by atoms with Gasteiger partial charge in [-0.3, -0.25) is 4.90 Å². The van der Waals surface area contributed by atoms with E-state index < -0.39 is 0 Å². The number of likely N-dealkylation sites (tertiary alicyclic amines) is 1. The fraction of sp³-hybridized carbons (Fsp3) is 0.467. The molecular formula is C15H21NO. The van der Waals surface area contributed by atoms with Gasteiger partial charge in [-0.2, -0.15) is 0 Å². The van der Waals surface area contributed by atoms with E-state index in [-0.39, 0.29) is 6.10 Å². The van der Waals surface area contributed by atoms with E-state index in [2.05, 4.69) is 42.2 Å². The molecule has 0 aliphatic carbocycles. The number of hydrogen-bond donors (Lipinski definition) is 1. The number of rotatable bonds is 3. The first-order valence-electron chi connectivity index (χ1n) is 6.31. The largest absolute Gasteiger partial charge is 0.389 e. The van der Waals surface area contributed by atoms with E-state index in [9.17, 15) is 5.11 Å². The Hall–Kier alpha value is -1.12. The predicted octanol–water partition coefficient (Wildman–Crippen LogP) is 2.59. The molecule has 2 unspecified atom stereocenters. The summed E-state index contributed by atoms with van der Waals surface area (Å²) in [6, 6.07) is 11.1. The minimum absolute atomic E-state index is 0.325. The maximum atomic E-state index is 9.38. The van der Waals surface area contributed by atoms with E-state index in [1.807, 2.05) is 13.0 Å². The van der Waals surface area contributed by atoms with Crippen molar-refractivity contribution in [2.45, 2.75) is 39.0 Å². The molecule has 0 saturated carbocycles. The topological polar surface area (TPSA) is 23.5 Å². The standard InChI is InChI=1S/C15H21NO/c1-12-8-15(9-13(2)17)11-16(12)10-14-6-4-3-5-7-14/h3-7,9,12-13,17H,8,10-11H2,1-2H3/b15-9-. The van der Waals surface area contributed by atoms with Gasteiger partial charge < -0.3 is 5.11 Å². The summed E-state index contributed by atoms with van der Waals surface area (Å²) in [5.41, 5.74) is 2.72. The van der Waals surface area contributed by atoms with Crippen LogP contribution in [-0.4, -0.2) is 28.7 Å². The van der Waals surface area contributed by atoms with Crippen LogP contribution in [0.3, 0.4) is 0 Å². The van der Waals surface area contributed by atoms with Crippen LogP contribution in [0, 0.1) is 0 Å². The van der Waals surface area contributed by atoms with Crippen molar-refractivity contribution < 1.29 is 5.11 Å². The van der Waals surface area contributed by atoms with Gasteiger partial charge in [0.05, 0.1) is 6.10 Å². The molecule has 0 aromatic heterocycles. The summed E-state index contributed by atoms with van der Waals surface area (Å²) in [5, 5.41) is 9.38. The van der Waals surface area contributed by atoms with Crippen LogP contribution in [0.5, 0.6) is 0 Å². The Bertz CT molecular complexity index is 383. The van der Waals surface area contributed by atoms with Crippen molar-refractivity contribution in [1.29, 1.82) is 0 Å². The van der Waals surface area contributed by atoms with Gasteiger partial charge in [-0.15, -0.1) is 0 Å². The molecule has 1 aromatic rings. The fourth-order valence-electron chi connectivity index (χ4n) is 2.48. The molecule has 1 aliphatic heterocycles. The molecule has 1 aromatic carbocycles. The highest BCUT2D eigenvalue weighted by atomic mass is 16.3. The molecule has 2 rings (SSSR count). The van der Waals surface area contributed by atoms with E-state index in [0.717, 1.165) is 19.5 Å². The molecule has 1 aliphatic rings. The maximum absolute atomic E-state index is 9.38. The highest BCUT2D eigenvalue weighted by molar-refractivity contribution is 5.18. The first kappa shape index (κ1) is 12.3. The first-order chi connectivity index (χ1) is 8.15. The Labute approximate surface area is 104 Å². The van der Waals surface area contributed by atoms with Crippen LogP contribution in [-0.2, 0) is 6.54 Å². The Balaban J connectivity index is 1.99. The zero-order valence-corrected chi connectivity index (χ0v) is 10.6. The summed E-state index contributed by atoms with van der Waals surface area (Å²) in [4.78, 5) is 2.46. The number of hydrogen-bond acceptors (Lipinski definition) is 2. The van der Waals surface area contributed by atoms with Gasteiger partial charge in [0.25, 0.3) is 0 Å². The maximum Gasteiger partial charge on any atom is 0.0695 e. The fourth-order valence-corrected chi connectivity index (χ4v) is 2.48. The van der Waals surface area contributed by atoms with Crippen LogP contribution in [0.15, 0.2) is 42.0 Å². The molecule has 1 saturated heterocycles. The third-order valence-electron chi connectivity index (χ3n) is 3.29. The zero-order chi connectivity index (χ0) is 12.3. The van der Waals surface area contributed by atoms with Crippen molar-refractivity contribution >= 4 is 0 Å². The van der Waals surface area contributed by atoms with E-state index >= 15 is 0 Å². The van der Waals surface area contributed by atoms with Crippen molar-refractivity contribution in [3.63, 3.8) is 0 Å². The summed E-state index contributed by atoms with van der Waals surface area (Å²) >= 11 is 0. The lowest BCUT2D eigenvalue weighted by Crippen LogP contribution is -2.26. The Morgan fingerprint density at radius 2 is 2.12 bits per heavy atom. The minimum atomic E-state index is -0.325. The lowest BCUT2D eigenvalue weighted by atomic mass is 10.1. The third-order valence-corrected chi connectivity index (χ3v) is 3.29. The number of benzene rings is 1. The quantitative estimate of drug-likeness (QED) is 0.808. The molecule has 2 heteroatoms. The van der Waals surface area contributed by atoms with Gasteiger partial charge in [0.2, 0.25) is 0 Å². The normalized spacial score (nSPS) is 25.4. The van der Waals surface area contributed by atoms with Crippen LogP contribution in [0.1, 0.15) is 25.8 Å². The molecule has 17 heavy (non-hydrogen) atoms. The van der Waals surface area contributed by atoms with Gasteiger partial charge in [0.1, 0.15) is 0 Å². The number of nitrogens with zero attached hydrogens (tertiary/aromatic N) is 1. The molecule has 1 heterocycles. The molecule has 0 bridgehead atoms. The highest BCUT2D eigenvalue weighted by Crippen LogP contribution is 2.24. The summed E-state index contributed by atoms with van der Waals surface area (Å²) in [6.07, 6.45) is 2.74. The van der Waals surface area contributed by atoms with Crippen LogP contribution in [0.4, 0.5) is 0 Å². The molecule has 0 spiro atoms. The lowest BCUT2D eigenvalue weighted by molar-refractivity contribution is 0.242. The number of aliphatic hydroxyl groups excluding tert-OH is 1. The van der Waals surface area contributed by atoms with Crippen LogP contribution >= 0.6 is 0 Å². The van der Waals surface area contributed by atoms with Crippen LogP contribution < -0.4 is 0 Å². The van der Waals surface area contributed by atoms with Crippen molar-refractivity contribution in [3.05, 3.63) is 47.5 Å². The Kier molecular flexibility index (Phi) is 3.97. The summed E-state index contributed by atoms with van der Waals surface area (Å²) < 4.78 is 0. The van der Waals surface area contributed by atoms with E-state index in [0.29, 0.717) is 6.04 Å². The van der Waals surface area contributed by atoms with Crippen molar-refractivity contribution in [1.82, 2.24) is 4.90 Å². The molecular weight excluding hydrogens is 210 g/mol. The SMILES string of the molecule is CC(O)/C=C1/CC(C)N(Cc2ccccc2)C1. The second kappa shape index (κ2) is 5.48. The molecule has 0 amide bonds. The van der Waals surface area contributed by atoms with Gasteiger partial charge in [-0.1, -0.05) is 42.0 Å². The van der Waals surface area contributed by atoms with Crippen LogP contribution in [0.25, 0.3) is 0 Å². The van der Waals surface area contributed by atoms with Gasteiger partial charge in [-0.05, 0) is 25.8 Å². The van der Waals surface area contributed by atoms with Crippen LogP contribution in [0.2, 0.25) is 0 Å². The zero-order valence-electron chi connectivity index (χ0n) is 10.6. The molecule has 2 atom stereocenters. The van der Waals surface area contributed by atoms with Crippen molar-refractivity contribution in [3.8, 4) is 0 Å². The molecule has 0 radical (unpaired) electrons. The summed E-state index contributed by atoms with van der Waals surface area (Å²) in [5.74, 6) is 0. The Morgan fingerprint density at radius 3 is 2.76 bits per heavy atom. The second-order valence-corrected chi connectivity index (χ2v) is 5.01. The van der Waals surface area contributed by atoms with Crippen molar-refractivity contribution in [2.75, 3.05) is 6.54 Å². The highest BCUT2D eigenvalue weighted by Gasteiger charge is 2.24. The van der Waals surface area contributed by atoms with Gasteiger partial charge in [-0.25, -0.2) is 0 Å². The van der Waals surface area contributed by atoms with Gasteiger partial charge in [0, 0.05) is 19.1 Å². The monoisotopic (exact) mass is 231 g/mol. The smallest absolute Gasteiger partial charge is 0.0695 e. The average molecular weight is 231 g/mol. The number of aliphatic hydroxyl groups is 1. The van der Waals surface area contributed by atoms with Crippen molar-refractivity contribution in [2.24, 2.45) is 0 Å².